The Morgan fingerprint density at radius 1 is 1.15 bits per heavy atom. The third-order valence-electron chi connectivity index (χ3n) is 7.44. The molecule has 3 aromatic rings. The molecule has 1 unspecified atom stereocenters. The molecule has 34 heavy (non-hydrogen) atoms. The molecule has 2 aliphatic rings. The Hall–Kier alpha value is -2.96. The lowest BCUT2D eigenvalue weighted by atomic mass is 9.87. The number of benzene rings is 2. The van der Waals surface area contributed by atoms with E-state index in [-0.39, 0.29) is 24.7 Å². The normalized spacial score (nSPS) is 21.2. The molecule has 2 aliphatic heterocycles. The topological polar surface area (TPSA) is 67.6 Å². The molecule has 0 radical (unpaired) electrons. The average molecular weight is 460 g/mol. The Bertz CT molecular complexity index is 1140. The van der Waals surface area contributed by atoms with E-state index in [4.69, 9.17) is 4.74 Å². The number of amides is 1. The van der Waals surface area contributed by atoms with Crippen molar-refractivity contribution in [3.63, 3.8) is 0 Å². The van der Waals surface area contributed by atoms with Crippen LogP contribution in [-0.2, 0) is 11.2 Å². The summed E-state index contributed by atoms with van der Waals surface area (Å²) in [5.74, 6) is 0.600. The van der Waals surface area contributed by atoms with Gasteiger partial charge >= 0.3 is 0 Å². The molecular formula is C28H33N3O3. The molecule has 5 rings (SSSR count). The minimum Gasteiger partial charge on any atom is -0.396 e. The molecule has 0 bridgehead atoms. The number of hydrogen-bond donors (Lipinski definition) is 1. The number of imidazole rings is 1. The van der Waals surface area contributed by atoms with Gasteiger partial charge in [0.2, 0.25) is 0 Å². The fourth-order valence-corrected chi connectivity index (χ4v) is 5.57. The molecule has 1 aromatic heterocycles. The van der Waals surface area contributed by atoms with E-state index >= 15 is 0 Å². The van der Waals surface area contributed by atoms with Crippen LogP contribution in [-0.4, -0.2) is 57.9 Å². The number of ether oxygens (including phenoxy) is 1. The molecule has 0 spiro atoms. The molecular weight excluding hydrogens is 426 g/mol. The Balaban J connectivity index is 1.43. The molecule has 0 aliphatic carbocycles. The lowest BCUT2D eigenvalue weighted by Crippen LogP contribution is -2.49. The van der Waals surface area contributed by atoms with E-state index in [0.29, 0.717) is 24.6 Å². The van der Waals surface area contributed by atoms with Crippen LogP contribution in [0.25, 0.3) is 11.1 Å². The van der Waals surface area contributed by atoms with Gasteiger partial charge in [-0.05, 0) is 60.8 Å². The third-order valence-corrected chi connectivity index (χ3v) is 7.44. The van der Waals surface area contributed by atoms with Crippen molar-refractivity contribution in [1.82, 2.24) is 14.5 Å². The largest absolute Gasteiger partial charge is 0.396 e. The van der Waals surface area contributed by atoms with Crippen LogP contribution in [0.15, 0.2) is 61.1 Å². The molecule has 3 heterocycles. The van der Waals surface area contributed by atoms with Gasteiger partial charge in [0.05, 0.1) is 24.7 Å². The van der Waals surface area contributed by atoms with Crippen molar-refractivity contribution in [1.29, 1.82) is 0 Å². The second-order valence-electron chi connectivity index (χ2n) is 9.43. The van der Waals surface area contributed by atoms with Gasteiger partial charge in [0.1, 0.15) is 5.69 Å². The van der Waals surface area contributed by atoms with Crippen LogP contribution < -0.4 is 0 Å². The number of likely N-dealkylation sites (tertiary alicyclic amines) is 1. The Morgan fingerprint density at radius 2 is 1.94 bits per heavy atom. The predicted molar refractivity (Wildman–Crippen MR) is 132 cm³/mol. The smallest absolute Gasteiger partial charge is 0.272 e. The van der Waals surface area contributed by atoms with Crippen molar-refractivity contribution < 1.29 is 14.6 Å². The van der Waals surface area contributed by atoms with E-state index < -0.39 is 0 Å². The number of nitrogens with zero attached hydrogens (tertiary/aromatic N) is 3. The van der Waals surface area contributed by atoms with Gasteiger partial charge in [0.15, 0.2) is 0 Å². The molecule has 178 valence electrons. The zero-order valence-corrected chi connectivity index (χ0v) is 19.8. The summed E-state index contributed by atoms with van der Waals surface area (Å²) in [7, 11) is 0. The van der Waals surface area contributed by atoms with Gasteiger partial charge in [-0.25, -0.2) is 4.98 Å². The number of piperidine rings is 1. The van der Waals surface area contributed by atoms with Crippen molar-refractivity contribution in [3.05, 3.63) is 77.9 Å². The Labute approximate surface area is 201 Å². The van der Waals surface area contributed by atoms with Crippen molar-refractivity contribution in [2.45, 2.75) is 44.8 Å². The van der Waals surface area contributed by atoms with Crippen LogP contribution >= 0.6 is 0 Å². The van der Waals surface area contributed by atoms with Crippen molar-refractivity contribution in [3.8, 4) is 11.1 Å². The summed E-state index contributed by atoms with van der Waals surface area (Å²) in [6, 6.07) is 16.4. The predicted octanol–water partition coefficient (Wildman–Crippen LogP) is 4.34. The third kappa shape index (κ3) is 4.40. The van der Waals surface area contributed by atoms with E-state index in [2.05, 4.69) is 36.2 Å². The molecule has 2 fully saturated rings. The minimum atomic E-state index is -0.0803. The highest BCUT2D eigenvalue weighted by Crippen LogP contribution is 2.34. The fraction of sp³-hybridized carbons (Fsp3) is 0.429. The summed E-state index contributed by atoms with van der Waals surface area (Å²) in [5, 5.41) is 9.55. The second-order valence-corrected chi connectivity index (χ2v) is 9.43. The number of rotatable bonds is 6. The summed E-state index contributed by atoms with van der Waals surface area (Å²) in [6.45, 7) is 4.45. The molecule has 6 nitrogen and oxygen atoms in total. The monoisotopic (exact) mass is 459 g/mol. The maximum absolute atomic E-state index is 13.6. The van der Waals surface area contributed by atoms with Crippen LogP contribution in [0.3, 0.4) is 0 Å². The molecule has 3 atom stereocenters. The zero-order valence-electron chi connectivity index (χ0n) is 19.8. The highest BCUT2D eigenvalue weighted by Gasteiger charge is 2.35. The first-order chi connectivity index (χ1) is 16.7. The summed E-state index contributed by atoms with van der Waals surface area (Å²) >= 11 is 0. The number of aliphatic hydroxyl groups excluding tert-OH is 1. The zero-order chi connectivity index (χ0) is 23.5. The van der Waals surface area contributed by atoms with E-state index in [0.717, 1.165) is 48.2 Å². The Morgan fingerprint density at radius 3 is 2.79 bits per heavy atom. The minimum absolute atomic E-state index is 0.0233. The summed E-state index contributed by atoms with van der Waals surface area (Å²) < 4.78 is 7.98. The maximum atomic E-state index is 13.6. The van der Waals surface area contributed by atoms with Gasteiger partial charge < -0.3 is 19.3 Å². The number of aromatic nitrogens is 2. The first-order valence-electron chi connectivity index (χ1n) is 12.4. The molecule has 2 aromatic carbocycles. The van der Waals surface area contributed by atoms with E-state index in [1.165, 1.54) is 6.42 Å². The van der Waals surface area contributed by atoms with Crippen LogP contribution in [0, 0.1) is 5.92 Å². The molecule has 6 heteroatoms. The van der Waals surface area contributed by atoms with Crippen LogP contribution in [0.1, 0.15) is 53.8 Å². The standard InChI is InChI=1S/C28H33N3O3/c1-20(23-9-4-5-11-25(23)24-10-3-2-7-21(24)13-15-32)31-19-29-17-26(31)28(33)30-14-12-22-8-6-16-34-27(22)18-30/h2-5,7,9-11,17,19-20,22,27,32H,6,8,12-16,18H2,1H3/t20-,22?,27+/m0/s1. The molecule has 1 N–H and O–H groups in total. The van der Waals surface area contributed by atoms with Crippen LogP contribution in [0.2, 0.25) is 0 Å². The van der Waals surface area contributed by atoms with E-state index in [9.17, 15) is 9.90 Å². The summed E-state index contributed by atoms with van der Waals surface area (Å²) in [4.78, 5) is 19.9. The van der Waals surface area contributed by atoms with Gasteiger partial charge in [-0.2, -0.15) is 0 Å². The van der Waals surface area contributed by atoms with Crippen LogP contribution in [0.5, 0.6) is 0 Å². The number of fused-ring (bicyclic) bond motifs is 1. The SMILES string of the molecule is C[C@@H](c1ccccc1-c1ccccc1CCO)n1cncc1C(=O)N1CCC2CCCO[C@@H]2C1. The summed E-state index contributed by atoms with van der Waals surface area (Å²) in [5.41, 5.74) is 5.07. The highest BCUT2D eigenvalue weighted by molar-refractivity contribution is 5.92. The van der Waals surface area contributed by atoms with Gasteiger partial charge in [-0.15, -0.1) is 0 Å². The lowest BCUT2D eigenvalue weighted by Gasteiger charge is -2.41. The fourth-order valence-electron chi connectivity index (χ4n) is 5.57. The van der Waals surface area contributed by atoms with E-state index in [1.54, 1.807) is 12.5 Å². The second kappa shape index (κ2) is 10.1. The number of carbonyl (C=O) groups excluding carboxylic acids is 1. The van der Waals surface area contributed by atoms with Gasteiger partial charge in [-0.3, -0.25) is 4.79 Å². The molecule has 0 saturated carbocycles. The van der Waals surface area contributed by atoms with Gasteiger partial charge in [-0.1, -0.05) is 48.5 Å². The van der Waals surface area contributed by atoms with Gasteiger partial charge in [0.25, 0.3) is 5.91 Å². The van der Waals surface area contributed by atoms with Crippen molar-refractivity contribution in [2.24, 2.45) is 5.92 Å². The molecule has 1 amide bonds. The number of carbonyl (C=O) groups is 1. The van der Waals surface area contributed by atoms with Crippen LogP contribution in [0.4, 0.5) is 0 Å². The van der Waals surface area contributed by atoms with E-state index in [1.807, 2.05) is 33.7 Å². The number of aliphatic hydroxyl groups is 1. The van der Waals surface area contributed by atoms with Crippen molar-refractivity contribution in [2.75, 3.05) is 26.3 Å². The Kier molecular flexibility index (Phi) is 6.79. The molecule has 2 saturated heterocycles. The average Bonchev–Trinajstić information content (AvgIpc) is 3.38. The maximum Gasteiger partial charge on any atom is 0.272 e. The lowest BCUT2D eigenvalue weighted by molar-refractivity contribution is -0.0629. The van der Waals surface area contributed by atoms with Crippen molar-refractivity contribution >= 4 is 5.91 Å². The number of hydrogen-bond acceptors (Lipinski definition) is 4. The first-order valence-corrected chi connectivity index (χ1v) is 12.4. The summed E-state index contributed by atoms with van der Waals surface area (Å²) in [6.07, 6.45) is 7.55. The first kappa shape index (κ1) is 22.8. The quantitative estimate of drug-likeness (QED) is 0.596. The highest BCUT2D eigenvalue weighted by atomic mass is 16.5. The van der Waals surface area contributed by atoms with Gasteiger partial charge in [0, 0.05) is 26.3 Å².